The van der Waals surface area contributed by atoms with E-state index in [1.165, 1.54) is 18.1 Å². The summed E-state index contributed by atoms with van der Waals surface area (Å²) in [6.45, 7) is 1.33. The Balaban J connectivity index is 0.000000207. The summed E-state index contributed by atoms with van der Waals surface area (Å²) in [6.07, 6.45) is -0.979. The molecule has 120 valence electrons. The van der Waals surface area contributed by atoms with Crippen molar-refractivity contribution >= 4 is 11.8 Å². The molecule has 0 heterocycles. The smallest absolute Gasteiger partial charge is 0.323 e. The summed E-state index contributed by atoms with van der Waals surface area (Å²) in [5, 5.41) is 16.6. The fourth-order valence-electron chi connectivity index (χ4n) is 2.22. The average molecular weight is 313 g/mol. The second-order valence-corrected chi connectivity index (χ2v) is 5.40. The lowest BCUT2D eigenvalue weighted by molar-refractivity contribution is -0.140. The van der Waals surface area contributed by atoms with Crippen molar-refractivity contribution in [2.24, 2.45) is 5.73 Å². The van der Waals surface area contributed by atoms with Gasteiger partial charge in [0, 0.05) is 5.56 Å². The third-order valence-corrected chi connectivity index (χ3v) is 3.66. The summed E-state index contributed by atoms with van der Waals surface area (Å²) in [6, 6.07) is 16.4. The van der Waals surface area contributed by atoms with Crippen LogP contribution in [0.3, 0.4) is 0 Å². The molecule has 0 amide bonds. The molecular weight excluding hydrogens is 294 g/mol. The number of benzene rings is 2. The zero-order valence-corrected chi connectivity index (χ0v) is 12.7. The number of rotatable bonds is 4. The zero-order valence-electron chi connectivity index (χ0n) is 12.7. The number of aliphatic carboxylic acids is 1. The molecule has 0 saturated carbocycles. The molecule has 0 aliphatic heterocycles. The number of nitrogens with two attached hydrogens (primary N) is 1. The maximum Gasteiger partial charge on any atom is 0.323 e. The number of hydrogen-bond acceptors (Lipinski definition) is 4. The summed E-state index contributed by atoms with van der Waals surface area (Å²) in [7, 11) is 0. The summed E-state index contributed by atoms with van der Waals surface area (Å²) in [4.78, 5) is 21.9. The number of carboxylic acids is 1. The maximum absolute atomic E-state index is 12.1. The van der Waals surface area contributed by atoms with E-state index < -0.39 is 18.1 Å². The van der Waals surface area contributed by atoms with Gasteiger partial charge in [-0.25, -0.2) is 0 Å². The molecule has 5 heteroatoms. The summed E-state index contributed by atoms with van der Waals surface area (Å²) in [5.41, 5.74) is 8.09. The highest BCUT2D eigenvalue weighted by Gasteiger charge is 2.38. The van der Waals surface area contributed by atoms with Crippen LogP contribution in [-0.4, -0.2) is 34.1 Å². The Morgan fingerprint density at radius 2 is 1.48 bits per heavy atom. The van der Waals surface area contributed by atoms with Gasteiger partial charge in [-0.1, -0.05) is 54.6 Å². The molecule has 2 atom stereocenters. The van der Waals surface area contributed by atoms with Crippen molar-refractivity contribution in [2.75, 3.05) is 0 Å². The standard InChI is InChI=1S/C14H10O.C4H9NO3/c15-14(10-6-2-1-3-7-10)13-11-8-4-5-9-12(11)13;1-2(6)3(5)4(7)8/h1-9,13H;2-3,6H,5H2,1H3,(H,7,8)/t;2-,3+/m.1/s1. The van der Waals surface area contributed by atoms with E-state index in [9.17, 15) is 9.59 Å². The molecule has 0 saturated heterocycles. The lowest BCUT2D eigenvalue weighted by atomic mass is 10.1. The van der Waals surface area contributed by atoms with Gasteiger partial charge in [0.15, 0.2) is 5.78 Å². The molecule has 0 fully saturated rings. The molecule has 0 unspecified atom stereocenters. The second kappa shape index (κ2) is 7.17. The van der Waals surface area contributed by atoms with Gasteiger partial charge in [-0.05, 0) is 18.1 Å². The van der Waals surface area contributed by atoms with Gasteiger partial charge in [0.05, 0.1) is 12.0 Å². The Morgan fingerprint density at radius 1 is 1.00 bits per heavy atom. The number of fused-ring (bicyclic) bond motifs is 1. The van der Waals surface area contributed by atoms with Gasteiger partial charge in [-0.3, -0.25) is 9.59 Å². The molecule has 1 aliphatic carbocycles. The monoisotopic (exact) mass is 313 g/mol. The van der Waals surface area contributed by atoms with Gasteiger partial charge in [-0.15, -0.1) is 0 Å². The number of hydrogen-bond donors (Lipinski definition) is 3. The van der Waals surface area contributed by atoms with E-state index in [4.69, 9.17) is 15.9 Å². The van der Waals surface area contributed by atoms with Crippen LogP contribution in [0.15, 0.2) is 54.6 Å². The van der Waals surface area contributed by atoms with Gasteiger partial charge >= 0.3 is 5.97 Å². The van der Waals surface area contributed by atoms with Crippen LogP contribution in [0.5, 0.6) is 0 Å². The molecule has 3 rings (SSSR count). The van der Waals surface area contributed by atoms with Gasteiger partial charge in [0.1, 0.15) is 6.04 Å². The van der Waals surface area contributed by atoms with E-state index in [0.29, 0.717) is 0 Å². The molecule has 0 radical (unpaired) electrons. The van der Waals surface area contributed by atoms with E-state index in [1.807, 2.05) is 54.6 Å². The van der Waals surface area contributed by atoms with Crippen LogP contribution in [-0.2, 0) is 4.79 Å². The number of Topliss-reactive ketones (excluding diaryl/α,β-unsaturated/α-hetero) is 1. The molecule has 1 aliphatic rings. The van der Waals surface area contributed by atoms with Crippen molar-refractivity contribution in [3.05, 3.63) is 71.3 Å². The number of ketones is 1. The fourth-order valence-corrected chi connectivity index (χ4v) is 2.22. The van der Waals surface area contributed by atoms with Crippen LogP contribution in [0.25, 0.3) is 0 Å². The lowest BCUT2D eigenvalue weighted by Gasteiger charge is -2.06. The molecule has 5 nitrogen and oxygen atoms in total. The van der Waals surface area contributed by atoms with Crippen molar-refractivity contribution < 1.29 is 19.8 Å². The Bertz CT molecular complexity index is 674. The topological polar surface area (TPSA) is 101 Å². The Kier molecular flexibility index (Phi) is 5.26. The molecule has 4 N–H and O–H groups in total. The minimum Gasteiger partial charge on any atom is -0.480 e. The molecule has 0 bridgehead atoms. The maximum atomic E-state index is 12.1. The molecule has 23 heavy (non-hydrogen) atoms. The molecule has 0 spiro atoms. The van der Waals surface area contributed by atoms with E-state index in [2.05, 4.69) is 0 Å². The van der Waals surface area contributed by atoms with Gasteiger partial charge in [0.2, 0.25) is 0 Å². The van der Waals surface area contributed by atoms with Gasteiger partial charge in [0.25, 0.3) is 0 Å². The minimum atomic E-state index is -1.18. The molecule has 0 aromatic heterocycles. The Labute approximate surface area is 134 Å². The van der Waals surface area contributed by atoms with Crippen LogP contribution in [0.2, 0.25) is 0 Å². The van der Waals surface area contributed by atoms with E-state index >= 15 is 0 Å². The minimum absolute atomic E-state index is 0.0300. The number of aliphatic hydroxyl groups excluding tert-OH is 1. The van der Waals surface area contributed by atoms with Crippen LogP contribution in [0, 0.1) is 0 Å². The summed E-state index contributed by atoms with van der Waals surface area (Å²) in [5.74, 6) is -0.931. The van der Waals surface area contributed by atoms with Crippen molar-refractivity contribution in [2.45, 2.75) is 25.0 Å². The SMILES string of the molecule is C[C@@H](O)[C@H](N)C(=O)O.O=C(c1ccccc1)C1c2ccccc21. The van der Waals surface area contributed by atoms with E-state index in [1.54, 1.807) is 0 Å². The highest BCUT2D eigenvalue weighted by atomic mass is 16.4. The third kappa shape index (κ3) is 4.03. The third-order valence-electron chi connectivity index (χ3n) is 3.66. The highest BCUT2D eigenvalue weighted by Crippen LogP contribution is 2.44. The Hall–Kier alpha value is -2.50. The number of aliphatic hydroxyl groups is 1. The normalized spacial score (nSPS) is 14.7. The summed E-state index contributed by atoms with van der Waals surface area (Å²) < 4.78 is 0. The van der Waals surface area contributed by atoms with Gasteiger partial charge < -0.3 is 15.9 Å². The first-order chi connectivity index (χ1) is 10.9. The first-order valence-corrected chi connectivity index (χ1v) is 7.28. The highest BCUT2D eigenvalue weighted by molar-refractivity contribution is 6.07. The van der Waals surface area contributed by atoms with Crippen molar-refractivity contribution in [3.63, 3.8) is 0 Å². The van der Waals surface area contributed by atoms with Crippen LogP contribution in [0.1, 0.15) is 34.3 Å². The average Bonchev–Trinajstić information content (AvgIpc) is 3.29. The first-order valence-electron chi connectivity index (χ1n) is 7.28. The van der Waals surface area contributed by atoms with E-state index in [0.717, 1.165) is 5.56 Å². The number of carboxylic acid groups (broad SMARTS) is 1. The van der Waals surface area contributed by atoms with Crippen LogP contribution >= 0.6 is 0 Å². The zero-order chi connectivity index (χ0) is 17.0. The molecular formula is C18H19NO4. The molecule has 2 aromatic carbocycles. The fraction of sp³-hybridized carbons (Fsp3) is 0.222. The lowest BCUT2D eigenvalue weighted by Crippen LogP contribution is -2.39. The predicted octanol–water partition coefficient (Wildman–Crippen LogP) is 1.79. The quantitative estimate of drug-likeness (QED) is 0.747. The molecule has 2 aromatic rings. The summed E-state index contributed by atoms with van der Waals surface area (Å²) >= 11 is 0. The van der Waals surface area contributed by atoms with Crippen molar-refractivity contribution in [1.29, 1.82) is 0 Å². The second-order valence-electron chi connectivity index (χ2n) is 5.40. The first kappa shape index (κ1) is 16.9. The number of carbonyl (C=O) groups is 2. The van der Waals surface area contributed by atoms with Crippen LogP contribution < -0.4 is 5.73 Å². The van der Waals surface area contributed by atoms with Gasteiger partial charge in [-0.2, -0.15) is 0 Å². The Morgan fingerprint density at radius 3 is 1.87 bits per heavy atom. The van der Waals surface area contributed by atoms with Crippen LogP contribution in [0.4, 0.5) is 0 Å². The van der Waals surface area contributed by atoms with Crippen molar-refractivity contribution in [3.8, 4) is 0 Å². The largest absolute Gasteiger partial charge is 0.480 e. The van der Waals surface area contributed by atoms with Crippen molar-refractivity contribution in [1.82, 2.24) is 0 Å². The predicted molar refractivity (Wildman–Crippen MR) is 86.3 cm³/mol. The van der Waals surface area contributed by atoms with E-state index in [-0.39, 0.29) is 11.7 Å². The number of carbonyl (C=O) groups excluding carboxylic acids is 1.